The normalized spacial score (nSPS) is 18.6. The first-order chi connectivity index (χ1) is 8.74. The van der Waals surface area contributed by atoms with Crippen molar-refractivity contribution in [2.75, 3.05) is 19.8 Å². The highest BCUT2D eigenvalue weighted by atomic mass is 35.5. The summed E-state index contributed by atoms with van der Waals surface area (Å²) >= 11 is 5.79. The molecule has 100 valence electrons. The molecule has 0 saturated carbocycles. The van der Waals surface area contributed by atoms with Crippen molar-refractivity contribution in [1.82, 2.24) is 0 Å². The molecule has 1 saturated heterocycles. The van der Waals surface area contributed by atoms with Crippen molar-refractivity contribution < 1.29 is 14.6 Å². The van der Waals surface area contributed by atoms with Crippen molar-refractivity contribution in [3.8, 4) is 5.75 Å². The van der Waals surface area contributed by atoms with E-state index in [1.54, 1.807) is 12.1 Å². The van der Waals surface area contributed by atoms with Crippen LogP contribution in [0.4, 0.5) is 0 Å². The smallest absolute Gasteiger partial charge is 0.119 e. The van der Waals surface area contributed by atoms with Crippen molar-refractivity contribution in [3.05, 3.63) is 29.3 Å². The summed E-state index contributed by atoms with van der Waals surface area (Å²) < 4.78 is 10.8. The molecular formula is C14H19ClO3. The second kappa shape index (κ2) is 6.98. The van der Waals surface area contributed by atoms with Crippen molar-refractivity contribution >= 4 is 11.6 Å². The average Bonchev–Trinajstić information content (AvgIpc) is 2.39. The minimum Gasteiger partial charge on any atom is -0.491 e. The Hall–Kier alpha value is -0.770. The lowest BCUT2D eigenvalue weighted by Crippen LogP contribution is -2.25. The molecule has 1 aromatic rings. The third-order valence-electron chi connectivity index (χ3n) is 3.20. The average molecular weight is 271 g/mol. The largest absolute Gasteiger partial charge is 0.491 e. The number of ether oxygens (including phenoxy) is 2. The van der Waals surface area contributed by atoms with Gasteiger partial charge in [-0.2, -0.15) is 0 Å². The molecule has 1 atom stereocenters. The Morgan fingerprint density at radius 2 is 1.94 bits per heavy atom. The lowest BCUT2D eigenvalue weighted by molar-refractivity contribution is 0.0312. The molecule has 2 rings (SSSR count). The standard InChI is InChI=1S/C14H19ClO3/c15-12-1-3-14(4-2-12)18-10-13(16)9-11-5-7-17-8-6-11/h1-4,11,13,16H,5-10H2. The van der Waals surface area contributed by atoms with Crippen LogP contribution in [0, 0.1) is 5.92 Å². The van der Waals surface area contributed by atoms with Crippen LogP contribution in [-0.2, 0) is 4.74 Å². The maximum atomic E-state index is 9.93. The second-order valence-electron chi connectivity index (χ2n) is 4.71. The summed E-state index contributed by atoms with van der Waals surface area (Å²) in [5, 5.41) is 10.6. The van der Waals surface area contributed by atoms with Gasteiger partial charge in [0.1, 0.15) is 12.4 Å². The van der Waals surface area contributed by atoms with Crippen LogP contribution >= 0.6 is 11.6 Å². The Kier molecular flexibility index (Phi) is 5.29. The molecule has 0 amide bonds. The summed E-state index contributed by atoms with van der Waals surface area (Å²) in [5.41, 5.74) is 0. The topological polar surface area (TPSA) is 38.7 Å². The zero-order chi connectivity index (χ0) is 12.8. The van der Waals surface area contributed by atoms with Crippen molar-refractivity contribution in [2.24, 2.45) is 5.92 Å². The molecule has 4 heteroatoms. The van der Waals surface area contributed by atoms with Gasteiger partial charge in [0.25, 0.3) is 0 Å². The first kappa shape index (κ1) is 13.7. The number of aliphatic hydroxyl groups is 1. The summed E-state index contributed by atoms with van der Waals surface area (Å²) in [6.45, 7) is 1.96. The Balaban J connectivity index is 1.70. The molecule has 0 aromatic heterocycles. The third kappa shape index (κ3) is 4.48. The number of aliphatic hydroxyl groups excluding tert-OH is 1. The fraction of sp³-hybridized carbons (Fsp3) is 0.571. The van der Waals surface area contributed by atoms with Gasteiger partial charge >= 0.3 is 0 Å². The van der Waals surface area contributed by atoms with Gasteiger partial charge in [0.15, 0.2) is 0 Å². The fourth-order valence-corrected chi connectivity index (χ4v) is 2.28. The van der Waals surface area contributed by atoms with Gasteiger partial charge in [-0.05, 0) is 49.4 Å². The van der Waals surface area contributed by atoms with Crippen LogP contribution in [0.25, 0.3) is 0 Å². The van der Waals surface area contributed by atoms with Crippen molar-refractivity contribution in [1.29, 1.82) is 0 Å². The van der Waals surface area contributed by atoms with E-state index < -0.39 is 6.10 Å². The summed E-state index contributed by atoms with van der Waals surface area (Å²) in [6.07, 6.45) is 2.45. The number of hydrogen-bond donors (Lipinski definition) is 1. The number of hydrogen-bond acceptors (Lipinski definition) is 3. The van der Waals surface area contributed by atoms with E-state index in [1.807, 2.05) is 12.1 Å². The Morgan fingerprint density at radius 1 is 1.28 bits per heavy atom. The lowest BCUT2D eigenvalue weighted by atomic mass is 9.94. The highest BCUT2D eigenvalue weighted by Gasteiger charge is 2.18. The number of rotatable bonds is 5. The molecule has 3 nitrogen and oxygen atoms in total. The molecule has 1 aromatic carbocycles. The van der Waals surface area contributed by atoms with Crippen LogP contribution in [0.15, 0.2) is 24.3 Å². The van der Waals surface area contributed by atoms with Crippen LogP contribution in [0.2, 0.25) is 5.02 Å². The quantitative estimate of drug-likeness (QED) is 0.894. The van der Waals surface area contributed by atoms with Gasteiger partial charge in [0.05, 0.1) is 6.10 Å². The van der Waals surface area contributed by atoms with Crippen molar-refractivity contribution in [3.63, 3.8) is 0 Å². The van der Waals surface area contributed by atoms with E-state index in [2.05, 4.69) is 0 Å². The SMILES string of the molecule is OC(COc1ccc(Cl)cc1)CC1CCOCC1. The van der Waals surface area contributed by atoms with E-state index >= 15 is 0 Å². The molecule has 0 bridgehead atoms. The molecule has 1 unspecified atom stereocenters. The molecule has 1 N–H and O–H groups in total. The molecule has 0 spiro atoms. The van der Waals surface area contributed by atoms with Crippen molar-refractivity contribution in [2.45, 2.75) is 25.4 Å². The lowest BCUT2D eigenvalue weighted by Gasteiger charge is -2.24. The van der Waals surface area contributed by atoms with Gasteiger partial charge in [0, 0.05) is 18.2 Å². The minimum atomic E-state index is -0.413. The summed E-state index contributed by atoms with van der Waals surface area (Å²) in [4.78, 5) is 0. The van der Waals surface area contributed by atoms with Gasteiger partial charge < -0.3 is 14.6 Å². The van der Waals surface area contributed by atoms with E-state index in [0.29, 0.717) is 17.5 Å². The minimum absolute atomic E-state index is 0.332. The van der Waals surface area contributed by atoms with Crippen LogP contribution in [0.3, 0.4) is 0 Å². The molecular weight excluding hydrogens is 252 g/mol. The van der Waals surface area contributed by atoms with Gasteiger partial charge in [0.2, 0.25) is 0 Å². The van der Waals surface area contributed by atoms with Crippen LogP contribution in [0.5, 0.6) is 5.75 Å². The Bertz CT molecular complexity index is 347. The Labute approximate surface area is 113 Å². The molecule has 0 aliphatic carbocycles. The van der Waals surface area contributed by atoms with Gasteiger partial charge in [-0.1, -0.05) is 11.6 Å². The van der Waals surface area contributed by atoms with Gasteiger partial charge in [-0.3, -0.25) is 0 Å². The Morgan fingerprint density at radius 3 is 2.61 bits per heavy atom. The van der Waals surface area contributed by atoms with Crippen LogP contribution in [0.1, 0.15) is 19.3 Å². The summed E-state index contributed by atoms with van der Waals surface area (Å²) in [6, 6.07) is 7.18. The van der Waals surface area contributed by atoms with E-state index in [1.165, 1.54) is 0 Å². The zero-order valence-corrected chi connectivity index (χ0v) is 11.1. The fourth-order valence-electron chi connectivity index (χ4n) is 2.16. The monoisotopic (exact) mass is 270 g/mol. The predicted molar refractivity (Wildman–Crippen MR) is 71.1 cm³/mol. The van der Waals surface area contributed by atoms with E-state index in [4.69, 9.17) is 21.1 Å². The third-order valence-corrected chi connectivity index (χ3v) is 3.45. The van der Waals surface area contributed by atoms with Gasteiger partial charge in [-0.25, -0.2) is 0 Å². The van der Waals surface area contributed by atoms with E-state index in [9.17, 15) is 5.11 Å². The molecule has 1 fully saturated rings. The molecule has 1 aliphatic rings. The zero-order valence-electron chi connectivity index (χ0n) is 10.3. The first-order valence-corrected chi connectivity index (χ1v) is 6.76. The second-order valence-corrected chi connectivity index (χ2v) is 5.15. The van der Waals surface area contributed by atoms with E-state index in [-0.39, 0.29) is 0 Å². The summed E-state index contributed by atoms with van der Waals surface area (Å²) in [7, 11) is 0. The van der Waals surface area contributed by atoms with Gasteiger partial charge in [-0.15, -0.1) is 0 Å². The highest BCUT2D eigenvalue weighted by molar-refractivity contribution is 6.30. The highest BCUT2D eigenvalue weighted by Crippen LogP contribution is 2.21. The van der Waals surface area contributed by atoms with Crippen LogP contribution in [-0.4, -0.2) is 31.0 Å². The summed E-state index contributed by atoms with van der Waals surface area (Å²) in [5.74, 6) is 1.30. The molecule has 1 heterocycles. The van der Waals surface area contributed by atoms with E-state index in [0.717, 1.165) is 38.2 Å². The number of halogens is 1. The maximum Gasteiger partial charge on any atom is 0.119 e. The first-order valence-electron chi connectivity index (χ1n) is 6.38. The maximum absolute atomic E-state index is 9.93. The molecule has 0 radical (unpaired) electrons. The molecule has 1 aliphatic heterocycles. The molecule has 18 heavy (non-hydrogen) atoms. The number of benzene rings is 1. The van der Waals surface area contributed by atoms with Crippen LogP contribution < -0.4 is 4.74 Å². The predicted octanol–water partition coefficient (Wildman–Crippen LogP) is 2.90.